The molecule has 0 aliphatic carbocycles. The molecule has 5 heteroatoms. The van der Waals surface area contributed by atoms with Gasteiger partial charge in [-0.2, -0.15) is 5.10 Å². The molecular formula is C13H17ClN4. The molecule has 1 heterocycles. The van der Waals surface area contributed by atoms with Crippen LogP contribution in [0.25, 0.3) is 0 Å². The molecule has 1 aromatic heterocycles. The van der Waals surface area contributed by atoms with Gasteiger partial charge in [-0.25, -0.2) is 0 Å². The Bertz CT molecular complexity index is 536. The van der Waals surface area contributed by atoms with Crippen molar-refractivity contribution in [1.82, 2.24) is 9.78 Å². The minimum atomic E-state index is 0.0390. The number of anilines is 1. The van der Waals surface area contributed by atoms with Crippen molar-refractivity contribution in [2.24, 2.45) is 12.8 Å². The van der Waals surface area contributed by atoms with Crippen LogP contribution >= 0.6 is 11.6 Å². The molecule has 18 heavy (non-hydrogen) atoms. The van der Waals surface area contributed by atoms with Gasteiger partial charge in [-0.1, -0.05) is 17.7 Å². The summed E-state index contributed by atoms with van der Waals surface area (Å²) in [6.45, 7) is 2.53. The lowest BCUT2D eigenvalue weighted by Crippen LogP contribution is -2.21. The Hall–Kier alpha value is -1.52. The summed E-state index contributed by atoms with van der Waals surface area (Å²) < 4.78 is 1.84. The van der Waals surface area contributed by atoms with Crippen molar-refractivity contribution in [1.29, 1.82) is 0 Å². The van der Waals surface area contributed by atoms with Crippen LogP contribution < -0.4 is 11.1 Å². The second-order valence-corrected chi connectivity index (χ2v) is 4.69. The van der Waals surface area contributed by atoms with Crippen LogP contribution in [0.1, 0.15) is 17.3 Å². The second-order valence-electron chi connectivity index (χ2n) is 4.25. The van der Waals surface area contributed by atoms with E-state index >= 15 is 0 Å². The summed E-state index contributed by atoms with van der Waals surface area (Å²) in [6, 6.07) is 7.65. The molecule has 1 atom stereocenters. The van der Waals surface area contributed by atoms with Crippen molar-refractivity contribution in [2.45, 2.75) is 13.0 Å². The van der Waals surface area contributed by atoms with Gasteiger partial charge in [0, 0.05) is 35.6 Å². The molecule has 0 fully saturated rings. The molecule has 96 valence electrons. The van der Waals surface area contributed by atoms with Gasteiger partial charge in [-0.3, -0.25) is 4.68 Å². The van der Waals surface area contributed by atoms with E-state index < -0.39 is 0 Å². The zero-order valence-electron chi connectivity index (χ0n) is 10.5. The van der Waals surface area contributed by atoms with Crippen LogP contribution in [0.2, 0.25) is 5.02 Å². The Labute approximate surface area is 112 Å². The topological polar surface area (TPSA) is 55.9 Å². The summed E-state index contributed by atoms with van der Waals surface area (Å²) in [5.74, 6) is 0. The molecule has 0 bridgehead atoms. The van der Waals surface area contributed by atoms with Gasteiger partial charge in [0.25, 0.3) is 0 Å². The van der Waals surface area contributed by atoms with E-state index in [1.54, 1.807) is 0 Å². The smallest absolute Gasteiger partial charge is 0.0669 e. The fourth-order valence-electron chi connectivity index (χ4n) is 1.90. The van der Waals surface area contributed by atoms with Crippen molar-refractivity contribution in [2.75, 3.05) is 11.9 Å². The molecule has 0 amide bonds. The first-order valence-corrected chi connectivity index (χ1v) is 6.20. The van der Waals surface area contributed by atoms with Crippen LogP contribution in [0, 0.1) is 6.92 Å². The van der Waals surface area contributed by atoms with Gasteiger partial charge in [0.2, 0.25) is 0 Å². The summed E-state index contributed by atoms with van der Waals surface area (Å²) in [4.78, 5) is 0. The minimum absolute atomic E-state index is 0.0390. The maximum atomic E-state index is 5.97. The lowest BCUT2D eigenvalue weighted by molar-refractivity contribution is 0.728. The predicted molar refractivity (Wildman–Crippen MR) is 74.8 cm³/mol. The average Bonchev–Trinajstić information content (AvgIpc) is 2.67. The first-order chi connectivity index (χ1) is 8.61. The van der Waals surface area contributed by atoms with E-state index in [-0.39, 0.29) is 6.04 Å². The molecular weight excluding hydrogens is 248 g/mol. The zero-order chi connectivity index (χ0) is 13.1. The standard InChI is InChI=1S/C13H17ClN4/c1-9-12(8-16-18(9)2)13(7-15)17-11-5-3-4-10(14)6-11/h3-6,8,13,17H,7,15H2,1-2H3. The molecule has 0 aliphatic heterocycles. The van der Waals surface area contributed by atoms with Gasteiger partial charge in [0.1, 0.15) is 0 Å². The maximum absolute atomic E-state index is 5.97. The van der Waals surface area contributed by atoms with Crippen molar-refractivity contribution in [3.8, 4) is 0 Å². The number of aryl methyl sites for hydroxylation is 1. The van der Waals surface area contributed by atoms with Crippen LogP contribution in [-0.2, 0) is 7.05 Å². The second kappa shape index (κ2) is 5.42. The van der Waals surface area contributed by atoms with Crippen molar-refractivity contribution >= 4 is 17.3 Å². The molecule has 2 aromatic rings. The highest BCUT2D eigenvalue weighted by molar-refractivity contribution is 6.30. The zero-order valence-corrected chi connectivity index (χ0v) is 11.3. The SMILES string of the molecule is Cc1c(C(CN)Nc2cccc(Cl)c2)cnn1C. The Morgan fingerprint density at radius 3 is 2.83 bits per heavy atom. The lowest BCUT2D eigenvalue weighted by Gasteiger charge is -2.18. The maximum Gasteiger partial charge on any atom is 0.0669 e. The number of halogens is 1. The van der Waals surface area contributed by atoms with Gasteiger partial charge < -0.3 is 11.1 Å². The molecule has 4 nitrogen and oxygen atoms in total. The van der Waals surface area contributed by atoms with E-state index in [9.17, 15) is 0 Å². The first kappa shape index (κ1) is 12.9. The highest BCUT2D eigenvalue weighted by atomic mass is 35.5. The summed E-state index contributed by atoms with van der Waals surface area (Å²) in [7, 11) is 1.92. The Balaban J connectivity index is 2.22. The summed E-state index contributed by atoms with van der Waals surface area (Å²) in [5, 5.41) is 8.32. The van der Waals surface area contributed by atoms with Crippen molar-refractivity contribution < 1.29 is 0 Å². The highest BCUT2D eigenvalue weighted by Gasteiger charge is 2.15. The number of nitrogens with two attached hydrogens (primary N) is 1. The van der Waals surface area contributed by atoms with Gasteiger partial charge in [-0.15, -0.1) is 0 Å². The van der Waals surface area contributed by atoms with Crippen molar-refractivity contribution in [3.05, 3.63) is 46.7 Å². The molecule has 1 unspecified atom stereocenters. The largest absolute Gasteiger partial charge is 0.377 e. The monoisotopic (exact) mass is 264 g/mol. The van der Waals surface area contributed by atoms with E-state index in [1.165, 1.54) is 0 Å². The number of benzene rings is 1. The average molecular weight is 265 g/mol. The lowest BCUT2D eigenvalue weighted by atomic mass is 10.1. The Kier molecular flexibility index (Phi) is 3.89. The molecule has 0 spiro atoms. The normalized spacial score (nSPS) is 12.4. The van der Waals surface area contributed by atoms with E-state index in [0.29, 0.717) is 11.6 Å². The highest BCUT2D eigenvalue weighted by Crippen LogP contribution is 2.23. The fourth-order valence-corrected chi connectivity index (χ4v) is 2.09. The third-order valence-corrected chi connectivity index (χ3v) is 3.28. The van der Waals surface area contributed by atoms with Gasteiger partial charge >= 0.3 is 0 Å². The number of aromatic nitrogens is 2. The van der Waals surface area contributed by atoms with E-state index in [4.69, 9.17) is 17.3 Å². The Morgan fingerprint density at radius 2 is 2.28 bits per heavy atom. The third-order valence-electron chi connectivity index (χ3n) is 3.05. The third kappa shape index (κ3) is 2.66. The predicted octanol–water partition coefficient (Wildman–Crippen LogP) is 2.49. The molecule has 0 aliphatic rings. The number of hydrogen-bond donors (Lipinski definition) is 2. The van der Waals surface area contributed by atoms with E-state index in [2.05, 4.69) is 10.4 Å². The molecule has 1 aromatic carbocycles. The summed E-state index contributed by atoms with van der Waals surface area (Å²) >= 11 is 5.97. The molecule has 0 radical (unpaired) electrons. The Morgan fingerprint density at radius 1 is 1.50 bits per heavy atom. The minimum Gasteiger partial charge on any atom is -0.377 e. The van der Waals surface area contributed by atoms with E-state index in [1.807, 2.05) is 49.1 Å². The number of rotatable bonds is 4. The molecule has 3 N–H and O–H groups in total. The number of nitrogens with one attached hydrogen (secondary N) is 1. The van der Waals surface area contributed by atoms with Crippen LogP contribution in [0.4, 0.5) is 5.69 Å². The van der Waals surface area contributed by atoms with Gasteiger partial charge in [0.15, 0.2) is 0 Å². The molecule has 0 saturated heterocycles. The summed E-state index contributed by atoms with van der Waals surface area (Å²) in [6.07, 6.45) is 1.85. The fraction of sp³-hybridized carbons (Fsp3) is 0.308. The first-order valence-electron chi connectivity index (χ1n) is 5.82. The van der Waals surface area contributed by atoms with Gasteiger partial charge in [-0.05, 0) is 25.1 Å². The van der Waals surface area contributed by atoms with Crippen LogP contribution in [-0.4, -0.2) is 16.3 Å². The van der Waals surface area contributed by atoms with Crippen LogP contribution in [0.3, 0.4) is 0 Å². The number of nitrogens with zero attached hydrogens (tertiary/aromatic N) is 2. The van der Waals surface area contributed by atoms with Crippen LogP contribution in [0.5, 0.6) is 0 Å². The molecule has 0 saturated carbocycles. The van der Waals surface area contributed by atoms with Crippen LogP contribution in [0.15, 0.2) is 30.5 Å². The van der Waals surface area contributed by atoms with Gasteiger partial charge in [0.05, 0.1) is 12.2 Å². The molecule has 2 rings (SSSR count). The quantitative estimate of drug-likeness (QED) is 0.892. The van der Waals surface area contributed by atoms with E-state index in [0.717, 1.165) is 16.9 Å². The summed E-state index contributed by atoms with van der Waals surface area (Å²) in [5.41, 5.74) is 9.02. The van der Waals surface area contributed by atoms with Crippen molar-refractivity contribution in [3.63, 3.8) is 0 Å². The number of hydrogen-bond acceptors (Lipinski definition) is 3.